The highest BCUT2D eigenvalue weighted by atomic mass is 16.5. The molecule has 0 saturated carbocycles. The number of hydrogen-bond acceptors (Lipinski definition) is 6. The Balaban J connectivity index is 1.49. The molecule has 1 aliphatic heterocycles. The van der Waals surface area contributed by atoms with Crippen molar-refractivity contribution in [1.82, 2.24) is 19.8 Å². The van der Waals surface area contributed by atoms with Crippen molar-refractivity contribution in [3.63, 3.8) is 0 Å². The number of morpholine rings is 1. The van der Waals surface area contributed by atoms with Gasteiger partial charge in [-0.2, -0.15) is 0 Å². The average molecular weight is 514 g/mol. The third-order valence-electron chi connectivity index (χ3n) is 6.66. The van der Waals surface area contributed by atoms with E-state index in [1.165, 1.54) is 4.90 Å². The number of aromatic amines is 1. The molecule has 2 aromatic heterocycles. The molecule has 5 rings (SSSR count). The molecule has 2 N–H and O–H groups in total. The van der Waals surface area contributed by atoms with E-state index in [1.54, 1.807) is 33.5 Å². The van der Waals surface area contributed by atoms with Gasteiger partial charge >= 0.3 is 0 Å². The van der Waals surface area contributed by atoms with Gasteiger partial charge in [0.15, 0.2) is 0 Å². The second kappa shape index (κ2) is 11.0. The minimum Gasteiger partial charge on any atom is -0.496 e. The van der Waals surface area contributed by atoms with E-state index in [0.717, 1.165) is 39.0 Å². The van der Waals surface area contributed by atoms with E-state index in [0.29, 0.717) is 37.6 Å². The lowest BCUT2D eigenvalue weighted by atomic mass is 9.99. The number of nitrogens with one attached hydrogen (secondary N) is 2. The number of amides is 2. The second-order valence-electron chi connectivity index (χ2n) is 9.42. The van der Waals surface area contributed by atoms with Gasteiger partial charge in [0, 0.05) is 61.7 Å². The van der Waals surface area contributed by atoms with Crippen LogP contribution < -0.4 is 10.1 Å². The first kappa shape index (κ1) is 25.4. The number of anilines is 1. The molecule has 0 bridgehead atoms. The van der Waals surface area contributed by atoms with E-state index in [-0.39, 0.29) is 18.4 Å². The molecule has 9 nitrogen and oxygen atoms in total. The topological polar surface area (TPSA) is 99.8 Å². The third kappa shape index (κ3) is 5.25. The standard InChI is InChI=1S/C29H31N5O4/c1-33(2)29(36)23-14-19(8-9-25(23)32-27(35)18-34-10-12-38-13-11-34)20-15-22-24(17-31-28(22)30-16-20)21-6-4-5-7-26(21)37-3/h4-9,14-17H,10-13,18H2,1-3H3,(H,30,31)(H,32,35). The molecule has 0 unspecified atom stereocenters. The van der Waals surface area contributed by atoms with Gasteiger partial charge in [-0.1, -0.05) is 24.3 Å². The summed E-state index contributed by atoms with van der Waals surface area (Å²) in [5.74, 6) is 0.415. The summed E-state index contributed by atoms with van der Waals surface area (Å²) in [4.78, 5) is 37.3. The van der Waals surface area contributed by atoms with Crippen molar-refractivity contribution in [2.24, 2.45) is 0 Å². The van der Waals surface area contributed by atoms with Gasteiger partial charge in [-0.05, 0) is 29.8 Å². The largest absolute Gasteiger partial charge is 0.496 e. The summed E-state index contributed by atoms with van der Waals surface area (Å²) in [6.45, 7) is 2.90. The molecule has 0 atom stereocenters. The molecule has 1 aliphatic rings. The molecular weight excluding hydrogens is 482 g/mol. The van der Waals surface area contributed by atoms with Crippen LogP contribution in [-0.4, -0.2) is 85.6 Å². The van der Waals surface area contributed by atoms with E-state index in [4.69, 9.17) is 9.47 Å². The molecule has 3 heterocycles. The molecule has 1 saturated heterocycles. The Bertz CT molecular complexity index is 1470. The number of pyridine rings is 1. The van der Waals surface area contributed by atoms with Crippen molar-refractivity contribution in [3.8, 4) is 28.0 Å². The lowest BCUT2D eigenvalue weighted by Gasteiger charge is -2.26. The van der Waals surface area contributed by atoms with Gasteiger partial charge in [-0.15, -0.1) is 0 Å². The summed E-state index contributed by atoms with van der Waals surface area (Å²) < 4.78 is 10.9. The number of ether oxygens (including phenoxy) is 2. The van der Waals surface area contributed by atoms with E-state index in [1.807, 2.05) is 47.5 Å². The monoisotopic (exact) mass is 513 g/mol. The highest BCUT2D eigenvalue weighted by Gasteiger charge is 2.20. The maximum absolute atomic E-state index is 13.1. The van der Waals surface area contributed by atoms with Gasteiger partial charge in [0.1, 0.15) is 11.4 Å². The van der Waals surface area contributed by atoms with E-state index in [9.17, 15) is 9.59 Å². The molecular formula is C29H31N5O4. The molecule has 4 aromatic rings. The van der Waals surface area contributed by atoms with Gasteiger partial charge in [-0.25, -0.2) is 4.98 Å². The predicted octanol–water partition coefficient (Wildman–Crippen LogP) is 3.88. The highest BCUT2D eigenvalue weighted by Crippen LogP contribution is 2.36. The number of hydrogen-bond donors (Lipinski definition) is 2. The van der Waals surface area contributed by atoms with Gasteiger partial charge in [0.05, 0.1) is 38.1 Å². The molecule has 196 valence electrons. The number of fused-ring (bicyclic) bond motifs is 1. The molecule has 0 aliphatic carbocycles. The van der Waals surface area contributed by atoms with Crippen LogP contribution in [0.5, 0.6) is 5.75 Å². The molecule has 2 aromatic carbocycles. The van der Waals surface area contributed by atoms with Crippen LogP contribution in [0.2, 0.25) is 0 Å². The van der Waals surface area contributed by atoms with E-state index >= 15 is 0 Å². The van der Waals surface area contributed by atoms with Crippen LogP contribution in [0.1, 0.15) is 10.4 Å². The summed E-state index contributed by atoms with van der Waals surface area (Å²) in [5, 5.41) is 3.88. The van der Waals surface area contributed by atoms with Crippen LogP contribution >= 0.6 is 0 Å². The minimum atomic E-state index is -0.195. The Morgan fingerprint density at radius 2 is 1.87 bits per heavy atom. The smallest absolute Gasteiger partial charge is 0.255 e. The molecule has 9 heteroatoms. The summed E-state index contributed by atoms with van der Waals surface area (Å²) in [7, 11) is 5.05. The first-order valence-electron chi connectivity index (χ1n) is 12.5. The molecule has 38 heavy (non-hydrogen) atoms. The fourth-order valence-corrected chi connectivity index (χ4v) is 4.65. The fourth-order valence-electron chi connectivity index (χ4n) is 4.65. The maximum atomic E-state index is 13.1. The van der Waals surface area contributed by atoms with Crippen LogP contribution in [0.3, 0.4) is 0 Å². The van der Waals surface area contributed by atoms with Gasteiger partial charge in [-0.3, -0.25) is 14.5 Å². The SMILES string of the molecule is COc1ccccc1-c1c[nH]c2ncc(-c3ccc(NC(=O)CN4CCOCC4)c(C(=O)N(C)C)c3)cc12. The molecule has 2 amide bonds. The number of aromatic nitrogens is 2. The second-order valence-corrected chi connectivity index (χ2v) is 9.42. The van der Waals surface area contributed by atoms with Gasteiger partial charge in [0.25, 0.3) is 5.91 Å². The fraction of sp³-hybridized carbons (Fsp3) is 0.276. The number of benzene rings is 2. The molecule has 0 radical (unpaired) electrons. The number of H-pyrrole nitrogens is 1. The Morgan fingerprint density at radius 1 is 1.08 bits per heavy atom. The summed E-state index contributed by atoms with van der Waals surface area (Å²) >= 11 is 0. The van der Waals surface area contributed by atoms with Crippen molar-refractivity contribution in [2.45, 2.75) is 0 Å². The quantitative estimate of drug-likeness (QED) is 0.389. The Labute approximate surface area is 221 Å². The van der Waals surface area contributed by atoms with Crippen molar-refractivity contribution in [2.75, 3.05) is 59.4 Å². The summed E-state index contributed by atoms with van der Waals surface area (Å²) in [5.41, 5.74) is 5.27. The Hall–Kier alpha value is -4.21. The van der Waals surface area contributed by atoms with Crippen LogP contribution in [0.4, 0.5) is 5.69 Å². The minimum absolute atomic E-state index is 0.163. The number of methoxy groups -OCH3 is 1. The molecule has 0 spiro atoms. The third-order valence-corrected chi connectivity index (χ3v) is 6.66. The zero-order chi connectivity index (χ0) is 26.6. The average Bonchev–Trinajstić information content (AvgIpc) is 3.36. The van der Waals surface area contributed by atoms with E-state index in [2.05, 4.69) is 21.4 Å². The van der Waals surface area contributed by atoms with Gasteiger partial charge in [0.2, 0.25) is 5.91 Å². The number of rotatable bonds is 7. The number of nitrogens with zero attached hydrogens (tertiary/aromatic N) is 3. The van der Waals surface area contributed by atoms with Crippen LogP contribution in [-0.2, 0) is 9.53 Å². The number of carbonyl (C=O) groups excluding carboxylic acids is 2. The number of carbonyl (C=O) groups is 2. The molecule has 1 fully saturated rings. The van der Waals surface area contributed by atoms with Gasteiger partial charge < -0.3 is 24.7 Å². The zero-order valence-corrected chi connectivity index (χ0v) is 21.8. The lowest BCUT2D eigenvalue weighted by Crippen LogP contribution is -2.41. The Morgan fingerprint density at radius 3 is 2.63 bits per heavy atom. The van der Waals surface area contributed by atoms with Crippen LogP contribution in [0, 0.1) is 0 Å². The van der Waals surface area contributed by atoms with E-state index < -0.39 is 0 Å². The highest BCUT2D eigenvalue weighted by molar-refractivity contribution is 6.05. The van der Waals surface area contributed by atoms with Crippen molar-refractivity contribution in [1.29, 1.82) is 0 Å². The first-order chi connectivity index (χ1) is 18.4. The normalized spacial score (nSPS) is 13.9. The van der Waals surface area contributed by atoms with Crippen molar-refractivity contribution in [3.05, 3.63) is 66.5 Å². The van der Waals surface area contributed by atoms with Crippen LogP contribution in [0.25, 0.3) is 33.3 Å². The van der Waals surface area contributed by atoms with Crippen molar-refractivity contribution >= 4 is 28.5 Å². The van der Waals surface area contributed by atoms with Crippen LogP contribution in [0.15, 0.2) is 60.9 Å². The maximum Gasteiger partial charge on any atom is 0.255 e. The lowest BCUT2D eigenvalue weighted by molar-refractivity contribution is -0.118. The zero-order valence-electron chi connectivity index (χ0n) is 21.8. The van der Waals surface area contributed by atoms with Crippen molar-refractivity contribution < 1.29 is 19.1 Å². The summed E-state index contributed by atoms with van der Waals surface area (Å²) in [6, 6.07) is 15.4. The Kier molecular flexibility index (Phi) is 7.39. The summed E-state index contributed by atoms with van der Waals surface area (Å²) in [6.07, 6.45) is 3.70. The number of para-hydroxylation sites is 1. The predicted molar refractivity (Wildman–Crippen MR) is 147 cm³/mol. The first-order valence-corrected chi connectivity index (χ1v) is 12.5.